The van der Waals surface area contributed by atoms with Gasteiger partial charge in [0.15, 0.2) is 0 Å². The van der Waals surface area contributed by atoms with Crippen molar-refractivity contribution < 1.29 is 4.74 Å². The molecule has 2 aromatic carbocycles. The van der Waals surface area contributed by atoms with Gasteiger partial charge < -0.3 is 10.5 Å². The van der Waals surface area contributed by atoms with E-state index in [1.807, 2.05) is 39.8 Å². The standard InChI is InChI=1S/C21H29NO.C14H22N2.C8H14.2C2H6/c1-5-8-18(9-6-2)20-10-7-11-21(22-20)23-15-19-13-12-16(3)14-17(19)4;1-10(2)7-12(4)16-14-6-5-13(9-15)8-11(14)3;1-5-7(3)8(4)6-2;2*1-2/h7,10-14,18H,5-6,8-9,15H2,1-4H3;5-6,8,10H,7,9,15H2,1-4H3;5-7H,1H2,2-4H3;2*1-2H3/b;;8-6-;;. The number of nitrogens with zero attached hydrogens (tertiary/aromatic N) is 2. The van der Waals surface area contributed by atoms with E-state index < -0.39 is 0 Å². The molecule has 0 saturated heterocycles. The number of pyridine rings is 1. The molecule has 3 rings (SSSR count). The minimum absolute atomic E-state index is 0.542. The van der Waals surface area contributed by atoms with Gasteiger partial charge in [-0.25, -0.2) is 4.98 Å². The molecule has 51 heavy (non-hydrogen) atoms. The van der Waals surface area contributed by atoms with Crippen LogP contribution in [0.25, 0.3) is 0 Å². The van der Waals surface area contributed by atoms with Crippen molar-refractivity contribution >= 4 is 11.4 Å². The van der Waals surface area contributed by atoms with Crippen molar-refractivity contribution in [3.8, 4) is 5.88 Å². The van der Waals surface area contributed by atoms with E-state index >= 15 is 0 Å². The van der Waals surface area contributed by atoms with E-state index in [4.69, 9.17) is 15.5 Å². The first-order chi connectivity index (χ1) is 24.4. The molecule has 0 saturated carbocycles. The Morgan fingerprint density at radius 3 is 1.98 bits per heavy atom. The van der Waals surface area contributed by atoms with Crippen LogP contribution in [0.3, 0.4) is 0 Å². The summed E-state index contributed by atoms with van der Waals surface area (Å²) in [5.74, 6) is 2.49. The lowest BCUT2D eigenvalue weighted by atomic mass is 9.94. The van der Waals surface area contributed by atoms with Crippen LogP contribution in [0.5, 0.6) is 5.88 Å². The van der Waals surface area contributed by atoms with Crippen LogP contribution >= 0.6 is 0 Å². The number of aryl methyl sites for hydroxylation is 3. The molecule has 3 aromatic rings. The highest BCUT2D eigenvalue weighted by Crippen LogP contribution is 2.26. The zero-order chi connectivity index (χ0) is 39.4. The average Bonchev–Trinajstić information content (AvgIpc) is 3.13. The fraction of sp³-hybridized carbons (Fsp3) is 0.532. The Hall–Kier alpha value is -3.50. The molecule has 1 unspecified atom stereocenters. The van der Waals surface area contributed by atoms with Gasteiger partial charge in [-0.05, 0) is 107 Å². The first-order valence-electron chi connectivity index (χ1n) is 19.6. The number of nitrogens with two attached hydrogens (primary N) is 1. The lowest BCUT2D eigenvalue weighted by Gasteiger charge is -2.16. The highest BCUT2D eigenvalue weighted by molar-refractivity contribution is 5.85. The fourth-order valence-electron chi connectivity index (χ4n) is 5.30. The van der Waals surface area contributed by atoms with Gasteiger partial charge in [0.1, 0.15) is 6.61 Å². The minimum atomic E-state index is 0.542. The van der Waals surface area contributed by atoms with Crippen molar-refractivity contribution in [1.29, 1.82) is 0 Å². The summed E-state index contributed by atoms with van der Waals surface area (Å²) in [5, 5.41) is 0. The molecule has 1 atom stereocenters. The van der Waals surface area contributed by atoms with E-state index in [0.29, 0.717) is 30.9 Å². The SMILES string of the molecule is C=CC(C)/C(C)=C\C.CC.CC.CC(CC(C)C)=Nc1ccc(CN)cc1C.CCCC(CCC)c1cccc(OCc2ccc(C)cc2C)n1. The lowest BCUT2D eigenvalue weighted by molar-refractivity contribution is 0.291. The first kappa shape index (κ1) is 49.6. The summed E-state index contributed by atoms with van der Waals surface area (Å²) < 4.78 is 5.95. The van der Waals surface area contributed by atoms with Crippen molar-refractivity contribution in [3.05, 3.63) is 112 Å². The predicted octanol–water partition coefficient (Wildman–Crippen LogP) is 14.4. The Kier molecular flexibility index (Phi) is 29.3. The number of ether oxygens (including phenoxy) is 1. The number of rotatable bonds is 14. The van der Waals surface area contributed by atoms with Gasteiger partial charge in [-0.3, -0.25) is 4.99 Å². The third-order valence-corrected chi connectivity index (χ3v) is 8.35. The Labute approximate surface area is 316 Å². The van der Waals surface area contributed by atoms with Crippen LogP contribution in [0.15, 0.2) is 83.9 Å². The summed E-state index contributed by atoms with van der Waals surface area (Å²) in [5.41, 5.74) is 16.6. The van der Waals surface area contributed by atoms with Crippen LogP contribution in [-0.2, 0) is 13.2 Å². The molecule has 4 nitrogen and oxygen atoms in total. The van der Waals surface area contributed by atoms with Crippen LogP contribution in [0.2, 0.25) is 0 Å². The summed E-state index contributed by atoms with van der Waals surface area (Å²) >= 11 is 0. The van der Waals surface area contributed by atoms with E-state index in [1.54, 1.807) is 0 Å². The summed E-state index contributed by atoms with van der Waals surface area (Å²) in [6, 6.07) is 18.9. The molecule has 0 spiro atoms. The zero-order valence-corrected chi connectivity index (χ0v) is 35.6. The highest BCUT2D eigenvalue weighted by atomic mass is 16.5. The van der Waals surface area contributed by atoms with E-state index in [2.05, 4.69) is 142 Å². The van der Waals surface area contributed by atoms with Crippen LogP contribution in [0.4, 0.5) is 5.69 Å². The monoisotopic (exact) mass is 700 g/mol. The topological polar surface area (TPSA) is 60.5 Å². The van der Waals surface area contributed by atoms with Gasteiger partial charge in [0.05, 0.1) is 5.69 Å². The van der Waals surface area contributed by atoms with Crippen molar-refractivity contribution in [3.63, 3.8) is 0 Å². The van der Waals surface area contributed by atoms with Crippen LogP contribution < -0.4 is 10.5 Å². The van der Waals surface area contributed by atoms with E-state index in [0.717, 1.165) is 23.6 Å². The van der Waals surface area contributed by atoms with Crippen molar-refractivity contribution in [2.24, 2.45) is 22.6 Å². The van der Waals surface area contributed by atoms with Crippen LogP contribution in [0.1, 0.15) is 155 Å². The maximum atomic E-state index is 5.95. The van der Waals surface area contributed by atoms with Crippen LogP contribution in [0, 0.1) is 32.6 Å². The zero-order valence-electron chi connectivity index (χ0n) is 35.6. The highest BCUT2D eigenvalue weighted by Gasteiger charge is 2.12. The molecular weight excluding hydrogens is 623 g/mol. The number of benzene rings is 2. The Morgan fingerprint density at radius 1 is 0.882 bits per heavy atom. The Bertz CT molecular complexity index is 1400. The van der Waals surface area contributed by atoms with Gasteiger partial charge in [0.25, 0.3) is 0 Å². The van der Waals surface area contributed by atoms with Gasteiger partial charge >= 0.3 is 0 Å². The molecule has 0 aliphatic carbocycles. The Balaban J connectivity index is 0. The maximum absolute atomic E-state index is 5.95. The summed E-state index contributed by atoms with van der Waals surface area (Å²) in [6.07, 6.45) is 9.91. The molecule has 0 aliphatic rings. The van der Waals surface area contributed by atoms with E-state index in [-0.39, 0.29) is 0 Å². The molecule has 286 valence electrons. The molecule has 1 aromatic heterocycles. The number of hydrogen-bond acceptors (Lipinski definition) is 4. The van der Waals surface area contributed by atoms with Crippen molar-refractivity contribution in [1.82, 2.24) is 4.98 Å². The maximum Gasteiger partial charge on any atom is 0.213 e. The molecule has 0 bridgehead atoms. The molecule has 0 amide bonds. The van der Waals surface area contributed by atoms with Crippen molar-refractivity contribution in [2.75, 3.05) is 0 Å². The summed E-state index contributed by atoms with van der Waals surface area (Å²) in [4.78, 5) is 9.40. The summed E-state index contributed by atoms with van der Waals surface area (Å²) in [6.45, 7) is 36.5. The second-order valence-electron chi connectivity index (χ2n) is 13.2. The second kappa shape index (κ2) is 30.2. The van der Waals surface area contributed by atoms with Gasteiger partial charge in [-0.1, -0.05) is 135 Å². The number of aromatic nitrogens is 1. The first-order valence-corrected chi connectivity index (χ1v) is 19.6. The molecular formula is C47H77N3O. The molecule has 4 heteroatoms. The van der Waals surface area contributed by atoms with Gasteiger partial charge in [0.2, 0.25) is 5.88 Å². The van der Waals surface area contributed by atoms with Gasteiger partial charge in [-0.2, -0.15) is 0 Å². The third kappa shape index (κ3) is 21.5. The number of aliphatic imine (C=N–C) groups is 1. The molecule has 0 radical (unpaired) electrons. The average molecular weight is 700 g/mol. The number of hydrogen-bond donors (Lipinski definition) is 1. The van der Waals surface area contributed by atoms with E-state index in [1.165, 1.54) is 64.9 Å². The number of allylic oxidation sites excluding steroid dienone is 3. The normalized spacial score (nSPS) is 11.5. The smallest absolute Gasteiger partial charge is 0.213 e. The van der Waals surface area contributed by atoms with Gasteiger partial charge in [0, 0.05) is 29.9 Å². The van der Waals surface area contributed by atoms with Gasteiger partial charge in [-0.15, -0.1) is 6.58 Å². The Morgan fingerprint density at radius 2 is 1.51 bits per heavy atom. The minimum Gasteiger partial charge on any atom is -0.473 e. The molecule has 1 heterocycles. The van der Waals surface area contributed by atoms with Crippen molar-refractivity contribution in [2.45, 2.75) is 155 Å². The molecule has 0 fully saturated rings. The quantitative estimate of drug-likeness (QED) is 0.135. The predicted molar refractivity (Wildman–Crippen MR) is 230 cm³/mol. The van der Waals surface area contributed by atoms with Crippen LogP contribution in [-0.4, -0.2) is 10.7 Å². The lowest BCUT2D eigenvalue weighted by Crippen LogP contribution is -2.04. The third-order valence-electron chi connectivity index (χ3n) is 8.35. The summed E-state index contributed by atoms with van der Waals surface area (Å²) in [7, 11) is 0. The fourth-order valence-corrected chi connectivity index (χ4v) is 5.30. The largest absolute Gasteiger partial charge is 0.473 e. The molecule has 0 aliphatic heterocycles. The van der Waals surface area contributed by atoms with E-state index in [9.17, 15) is 0 Å². The molecule has 2 N–H and O–H groups in total. The second-order valence-corrected chi connectivity index (χ2v) is 13.2.